The monoisotopic (exact) mass is 505 g/mol. The van der Waals surface area contributed by atoms with Gasteiger partial charge in [0.15, 0.2) is 0 Å². The van der Waals surface area contributed by atoms with E-state index in [1.807, 2.05) is 18.2 Å². The van der Waals surface area contributed by atoms with Gasteiger partial charge in [-0.25, -0.2) is 4.79 Å². The van der Waals surface area contributed by atoms with Crippen LogP contribution in [0.4, 0.5) is 0 Å². The smallest absolute Gasteiger partial charge is 0.340 e. The molecule has 0 atom stereocenters. The Labute approximate surface area is 198 Å². The lowest BCUT2D eigenvalue weighted by Crippen LogP contribution is -2.23. The molecule has 4 aromatic rings. The van der Waals surface area contributed by atoms with Gasteiger partial charge >= 0.3 is 5.97 Å². The van der Waals surface area contributed by atoms with Crippen molar-refractivity contribution in [2.45, 2.75) is 13.5 Å². The summed E-state index contributed by atoms with van der Waals surface area (Å²) in [5.74, 6) is -1.15. The van der Waals surface area contributed by atoms with Gasteiger partial charge in [0, 0.05) is 28.0 Å². The number of rotatable bonds is 7. The lowest BCUT2D eigenvalue weighted by atomic mass is 10.1. The summed E-state index contributed by atoms with van der Waals surface area (Å²) in [6.45, 7) is 2.16. The summed E-state index contributed by atoms with van der Waals surface area (Å²) in [5, 5.41) is 2.82. The van der Waals surface area contributed by atoms with Crippen molar-refractivity contribution in [3.05, 3.63) is 106 Å². The molecular formula is C25H20BrN3O4. The van der Waals surface area contributed by atoms with Crippen molar-refractivity contribution in [1.82, 2.24) is 14.7 Å². The maximum Gasteiger partial charge on any atom is 0.340 e. The molecule has 1 amide bonds. The first kappa shape index (κ1) is 22.4. The predicted molar refractivity (Wildman–Crippen MR) is 126 cm³/mol. The van der Waals surface area contributed by atoms with Gasteiger partial charge in [-0.3, -0.25) is 14.6 Å². The van der Waals surface area contributed by atoms with E-state index in [4.69, 9.17) is 4.74 Å². The second-order valence-corrected chi connectivity index (χ2v) is 8.00. The highest BCUT2D eigenvalue weighted by atomic mass is 79.9. The van der Waals surface area contributed by atoms with Crippen molar-refractivity contribution < 1.29 is 19.1 Å². The number of benzene rings is 1. The number of esters is 1. The molecule has 3 aromatic heterocycles. The third kappa shape index (κ3) is 4.70. The Kier molecular flexibility index (Phi) is 6.65. The van der Waals surface area contributed by atoms with E-state index in [1.54, 1.807) is 60.1 Å². The minimum atomic E-state index is -0.563. The van der Waals surface area contributed by atoms with Crippen LogP contribution in [0.25, 0.3) is 5.52 Å². The zero-order valence-electron chi connectivity index (χ0n) is 17.7. The van der Waals surface area contributed by atoms with E-state index in [0.29, 0.717) is 26.8 Å². The third-order valence-electron chi connectivity index (χ3n) is 5.04. The molecule has 0 fully saturated rings. The maximum atomic E-state index is 13.3. The Bertz CT molecular complexity index is 1350. The van der Waals surface area contributed by atoms with Gasteiger partial charge in [0.25, 0.3) is 5.91 Å². The topological polar surface area (TPSA) is 89.8 Å². The molecule has 33 heavy (non-hydrogen) atoms. The van der Waals surface area contributed by atoms with Crippen LogP contribution in [0, 0.1) is 0 Å². The number of pyridine rings is 2. The fourth-order valence-corrected chi connectivity index (χ4v) is 3.91. The van der Waals surface area contributed by atoms with Crippen molar-refractivity contribution in [1.29, 1.82) is 0 Å². The summed E-state index contributed by atoms with van der Waals surface area (Å²) >= 11 is 3.41. The molecule has 8 heteroatoms. The van der Waals surface area contributed by atoms with E-state index in [-0.39, 0.29) is 30.4 Å². The number of ether oxygens (including phenoxy) is 1. The van der Waals surface area contributed by atoms with Crippen LogP contribution in [0.3, 0.4) is 0 Å². The highest BCUT2D eigenvalue weighted by Crippen LogP contribution is 2.25. The van der Waals surface area contributed by atoms with E-state index in [0.717, 1.165) is 5.69 Å². The van der Waals surface area contributed by atoms with Crippen molar-refractivity contribution >= 4 is 39.1 Å². The molecule has 0 saturated carbocycles. The van der Waals surface area contributed by atoms with E-state index in [1.165, 1.54) is 6.07 Å². The first-order valence-electron chi connectivity index (χ1n) is 10.3. The molecule has 0 radical (unpaired) electrons. The number of aromatic nitrogens is 2. The molecular weight excluding hydrogens is 486 g/mol. The van der Waals surface area contributed by atoms with Crippen LogP contribution in [0.15, 0.2) is 77.5 Å². The number of hydrogen-bond acceptors (Lipinski definition) is 5. The van der Waals surface area contributed by atoms with Crippen LogP contribution < -0.4 is 5.32 Å². The standard InChI is InChI=1S/C25H20BrN3O4/c1-2-33-25(32)19-14-22(23(30)18-8-3-4-9-20(18)26)29-12-10-16(13-21(19)29)24(31)28-15-17-7-5-6-11-27-17/h3-14H,2,15H2,1H3,(H,28,31). The quantitative estimate of drug-likeness (QED) is 0.296. The molecule has 0 unspecified atom stereocenters. The third-order valence-corrected chi connectivity index (χ3v) is 5.73. The van der Waals surface area contributed by atoms with Crippen molar-refractivity contribution in [3.8, 4) is 0 Å². The van der Waals surface area contributed by atoms with E-state index < -0.39 is 5.97 Å². The predicted octanol–water partition coefficient (Wildman–Crippen LogP) is 4.43. The number of ketones is 1. The minimum Gasteiger partial charge on any atom is -0.462 e. The molecule has 166 valence electrons. The first-order chi connectivity index (χ1) is 16.0. The molecule has 1 N–H and O–H groups in total. The number of fused-ring (bicyclic) bond motifs is 1. The summed E-state index contributed by atoms with van der Waals surface area (Å²) < 4.78 is 7.43. The van der Waals surface area contributed by atoms with Gasteiger partial charge in [-0.2, -0.15) is 0 Å². The van der Waals surface area contributed by atoms with Gasteiger partial charge in [-0.1, -0.05) is 34.1 Å². The van der Waals surface area contributed by atoms with E-state index >= 15 is 0 Å². The fraction of sp³-hybridized carbons (Fsp3) is 0.120. The van der Waals surface area contributed by atoms with Gasteiger partial charge in [-0.15, -0.1) is 0 Å². The molecule has 0 aliphatic heterocycles. The Morgan fingerprint density at radius 1 is 1.03 bits per heavy atom. The average molecular weight is 506 g/mol. The summed E-state index contributed by atoms with van der Waals surface area (Å²) in [6, 6.07) is 17.2. The second kappa shape index (κ2) is 9.79. The van der Waals surface area contributed by atoms with Crippen molar-refractivity contribution in [2.75, 3.05) is 6.61 Å². The molecule has 3 heterocycles. The molecule has 0 saturated heterocycles. The fourth-order valence-electron chi connectivity index (χ4n) is 3.45. The highest BCUT2D eigenvalue weighted by molar-refractivity contribution is 9.10. The van der Waals surface area contributed by atoms with Gasteiger partial charge in [0.05, 0.1) is 35.6 Å². The van der Waals surface area contributed by atoms with E-state index in [9.17, 15) is 14.4 Å². The van der Waals surface area contributed by atoms with Crippen LogP contribution in [-0.4, -0.2) is 33.7 Å². The summed E-state index contributed by atoms with van der Waals surface area (Å²) in [6.07, 6.45) is 3.27. The van der Waals surface area contributed by atoms with Gasteiger partial charge in [-0.05, 0) is 49.4 Å². The number of hydrogen-bond donors (Lipinski definition) is 1. The highest BCUT2D eigenvalue weighted by Gasteiger charge is 2.23. The van der Waals surface area contributed by atoms with Gasteiger partial charge < -0.3 is 14.5 Å². The zero-order valence-corrected chi connectivity index (χ0v) is 19.3. The van der Waals surface area contributed by atoms with Crippen LogP contribution >= 0.6 is 15.9 Å². The van der Waals surface area contributed by atoms with Gasteiger partial charge in [0.2, 0.25) is 5.78 Å². The van der Waals surface area contributed by atoms with Crippen LogP contribution in [0.5, 0.6) is 0 Å². The Balaban J connectivity index is 1.72. The molecule has 4 rings (SSSR count). The Morgan fingerprint density at radius 2 is 1.82 bits per heavy atom. The Hall–Kier alpha value is -3.78. The summed E-state index contributed by atoms with van der Waals surface area (Å²) in [5.41, 5.74) is 2.45. The van der Waals surface area contributed by atoms with Crippen LogP contribution in [0.1, 0.15) is 49.4 Å². The molecule has 0 bridgehead atoms. The maximum absolute atomic E-state index is 13.3. The average Bonchev–Trinajstić information content (AvgIpc) is 3.22. The number of carbonyl (C=O) groups excluding carboxylic acids is 3. The first-order valence-corrected chi connectivity index (χ1v) is 11.1. The lowest BCUT2D eigenvalue weighted by Gasteiger charge is -2.08. The molecule has 0 aliphatic carbocycles. The molecule has 1 aromatic carbocycles. The Morgan fingerprint density at radius 3 is 2.55 bits per heavy atom. The normalized spacial score (nSPS) is 10.7. The van der Waals surface area contributed by atoms with E-state index in [2.05, 4.69) is 26.2 Å². The number of halogens is 1. The zero-order chi connectivity index (χ0) is 23.4. The second-order valence-electron chi connectivity index (χ2n) is 7.15. The SMILES string of the molecule is CCOC(=O)c1cc(C(=O)c2ccccc2Br)n2ccc(C(=O)NCc3ccccn3)cc12. The lowest BCUT2D eigenvalue weighted by molar-refractivity contribution is 0.0528. The molecule has 0 spiro atoms. The van der Waals surface area contributed by atoms with Crippen LogP contribution in [0.2, 0.25) is 0 Å². The number of nitrogens with one attached hydrogen (secondary N) is 1. The minimum absolute atomic E-state index is 0.188. The number of amides is 1. The number of nitrogens with zero attached hydrogens (tertiary/aromatic N) is 2. The molecule has 7 nitrogen and oxygen atoms in total. The molecule has 0 aliphatic rings. The number of carbonyl (C=O) groups is 3. The summed E-state index contributed by atoms with van der Waals surface area (Å²) in [7, 11) is 0. The van der Waals surface area contributed by atoms with Gasteiger partial charge in [0.1, 0.15) is 0 Å². The van der Waals surface area contributed by atoms with Crippen molar-refractivity contribution in [3.63, 3.8) is 0 Å². The largest absolute Gasteiger partial charge is 0.462 e. The summed E-state index contributed by atoms with van der Waals surface area (Å²) in [4.78, 5) is 42.8. The van der Waals surface area contributed by atoms with Crippen molar-refractivity contribution in [2.24, 2.45) is 0 Å². The van der Waals surface area contributed by atoms with Crippen LogP contribution in [-0.2, 0) is 11.3 Å².